The lowest BCUT2D eigenvalue weighted by Crippen LogP contribution is -2.49. The van der Waals surface area contributed by atoms with Crippen molar-refractivity contribution in [2.75, 3.05) is 13.7 Å². The number of amides is 1. The van der Waals surface area contributed by atoms with E-state index < -0.39 is 18.1 Å². The smallest absolute Gasteiger partial charge is 0.328 e. The summed E-state index contributed by atoms with van der Waals surface area (Å²) in [6.07, 6.45) is 1.12. The summed E-state index contributed by atoms with van der Waals surface area (Å²) in [6.45, 7) is 7.19. The first-order valence-corrected chi connectivity index (χ1v) is 14.4. The average molecular weight is 563 g/mol. The van der Waals surface area contributed by atoms with E-state index in [1.54, 1.807) is 0 Å². The number of fused-ring (bicyclic) bond motifs is 1. The van der Waals surface area contributed by atoms with Gasteiger partial charge in [-0.3, -0.25) is 4.79 Å². The third-order valence-corrected chi connectivity index (χ3v) is 7.69. The van der Waals surface area contributed by atoms with E-state index in [-0.39, 0.29) is 11.3 Å². The molecular formula is C36H38N2O4. The number of carbonyl (C=O) groups is 2. The third-order valence-electron chi connectivity index (χ3n) is 7.69. The van der Waals surface area contributed by atoms with Gasteiger partial charge in [-0.05, 0) is 69.5 Å². The van der Waals surface area contributed by atoms with E-state index in [2.05, 4.69) is 55.7 Å². The number of hydrogen-bond donors (Lipinski definition) is 2. The maximum atomic E-state index is 13.6. The average Bonchev–Trinajstić information content (AvgIpc) is 3.00. The van der Waals surface area contributed by atoms with Gasteiger partial charge in [-0.15, -0.1) is 0 Å². The first-order chi connectivity index (χ1) is 20.2. The molecule has 1 aliphatic rings. The second-order valence-electron chi connectivity index (χ2n) is 11.7. The van der Waals surface area contributed by atoms with Gasteiger partial charge < -0.3 is 20.1 Å². The molecule has 2 atom stereocenters. The summed E-state index contributed by atoms with van der Waals surface area (Å²) >= 11 is 0. The minimum Gasteiger partial charge on any atom is -0.467 e. The van der Waals surface area contributed by atoms with Crippen molar-refractivity contribution in [3.63, 3.8) is 0 Å². The van der Waals surface area contributed by atoms with Crippen LogP contribution in [0.5, 0.6) is 11.5 Å². The fraction of sp³-hybridized carbons (Fsp3) is 0.278. The van der Waals surface area contributed by atoms with Gasteiger partial charge in [-0.1, -0.05) is 93.6 Å². The highest BCUT2D eigenvalue weighted by molar-refractivity contribution is 5.89. The van der Waals surface area contributed by atoms with Gasteiger partial charge in [0.25, 0.3) is 0 Å². The van der Waals surface area contributed by atoms with Crippen LogP contribution in [0.3, 0.4) is 0 Å². The zero-order valence-electron chi connectivity index (χ0n) is 24.6. The molecule has 0 aliphatic carbocycles. The highest BCUT2D eigenvalue weighted by Crippen LogP contribution is 2.31. The lowest BCUT2D eigenvalue weighted by Gasteiger charge is -2.28. The van der Waals surface area contributed by atoms with Gasteiger partial charge in [-0.25, -0.2) is 4.79 Å². The van der Waals surface area contributed by atoms with E-state index in [1.807, 2.05) is 72.8 Å². The molecule has 5 rings (SSSR count). The summed E-state index contributed by atoms with van der Waals surface area (Å²) in [7, 11) is 1.34. The second-order valence-corrected chi connectivity index (χ2v) is 11.7. The molecule has 0 saturated carbocycles. The summed E-state index contributed by atoms with van der Waals surface area (Å²) in [5.41, 5.74) is 6.35. The molecule has 1 amide bonds. The summed E-state index contributed by atoms with van der Waals surface area (Å²) in [5, 5.41) is 6.27. The second kappa shape index (κ2) is 12.6. The monoisotopic (exact) mass is 562 g/mol. The summed E-state index contributed by atoms with van der Waals surface area (Å²) in [6, 6.07) is 30.6. The minimum absolute atomic E-state index is 0.0598. The molecule has 4 aromatic carbocycles. The highest BCUT2D eigenvalue weighted by atomic mass is 16.5. The molecule has 1 heterocycles. The predicted octanol–water partition coefficient (Wildman–Crippen LogP) is 6.53. The van der Waals surface area contributed by atoms with Gasteiger partial charge in [-0.2, -0.15) is 0 Å². The topological polar surface area (TPSA) is 76.7 Å². The van der Waals surface area contributed by atoms with Crippen LogP contribution in [0, 0.1) is 0 Å². The molecule has 1 unspecified atom stereocenters. The number of hydrogen-bond acceptors (Lipinski definition) is 5. The number of esters is 1. The van der Waals surface area contributed by atoms with Crippen LogP contribution in [0.4, 0.5) is 0 Å². The Balaban J connectivity index is 1.30. The Bertz CT molecular complexity index is 1520. The van der Waals surface area contributed by atoms with Crippen molar-refractivity contribution in [1.29, 1.82) is 0 Å². The number of methoxy groups -OCH3 is 1. The summed E-state index contributed by atoms with van der Waals surface area (Å²) < 4.78 is 11.2. The van der Waals surface area contributed by atoms with Crippen LogP contribution >= 0.6 is 0 Å². The molecule has 42 heavy (non-hydrogen) atoms. The number of rotatable bonds is 8. The van der Waals surface area contributed by atoms with Crippen molar-refractivity contribution in [3.05, 3.63) is 119 Å². The van der Waals surface area contributed by atoms with E-state index in [0.29, 0.717) is 18.7 Å². The van der Waals surface area contributed by atoms with Gasteiger partial charge >= 0.3 is 5.97 Å². The molecule has 1 aliphatic heterocycles. The van der Waals surface area contributed by atoms with Crippen molar-refractivity contribution in [3.8, 4) is 22.6 Å². The number of benzene rings is 4. The van der Waals surface area contributed by atoms with Gasteiger partial charge in [0.05, 0.1) is 7.11 Å². The highest BCUT2D eigenvalue weighted by Gasteiger charge is 2.31. The van der Waals surface area contributed by atoms with Gasteiger partial charge in [0.1, 0.15) is 23.6 Å². The van der Waals surface area contributed by atoms with Gasteiger partial charge in [0, 0.05) is 13.0 Å². The standard InChI is InChI=1S/C36H38N2O4/c1-36(2,3)28-15-18-29(19-16-28)42-30-17-14-27-20-21-37-33(31(27)23-30)34(39)38-32(35(40)41-4)22-24-10-12-26(13-11-24)25-8-6-5-7-9-25/h5-19,23,32-33,37H,20-22H2,1-4H3,(H,38,39)/t32-,33?/m0/s1. The molecule has 0 aromatic heterocycles. The Kier molecular flexibility index (Phi) is 8.74. The summed E-state index contributed by atoms with van der Waals surface area (Å²) in [5.74, 6) is 0.625. The van der Waals surface area contributed by atoms with Gasteiger partial charge in [0.15, 0.2) is 0 Å². The molecule has 216 valence electrons. The van der Waals surface area contributed by atoms with E-state index in [0.717, 1.165) is 40.0 Å². The molecule has 0 saturated heterocycles. The molecule has 2 N–H and O–H groups in total. The van der Waals surface area contributed by atoms with E-state index in [9.17, 15) is 9.59 Å². The van der Waals surface area contributed by atoms with Crippen LogP contribution in [-0.4, -0.2) is 31.6 Å². The van der Waals surface area contributed by atoms with Crippen molar-refractivity contribution in [2.45, 2.75) is 51.1 Å². The Labute approximate surface area is 248 Å². The third kappa shape index (κ3) is 6.89. The Morgan fingerprint density at radius 3 is 2.21 bits per heavy atom. The van der Waals surface area contributed by atoms with Crippen molar-refractivity contribution < 1.29 is 19.1 Å². The minimum atomic E-state index is -0.821. The van der Waals surface area contributed by atoms with Crippen LogP contribution in [0.15, 0.2) is 97.1 Å². The van der Waals surface area contributed by atoms with E-state index >= 15 is 0 Å². The molecule has 0 radical (unpaired) electrons. The fourth-order valence-corrected chi connectivity index (χ4v) is 5.28. The predicted molar refractivity (Wildman–Crippen MR) is 166 cm³/mol. The first-order valence-electron chi connectivity index (χ1n) is 14.4. The number of carbonyl (C=O) groups excluding carboxylic acids is 2. The first kappa shape index (κ1) is 29.1. The SMILES string of the molecule is COC(=O)[C@H](Cc1ccc(-c2ccccc2)cc1)NC(=O)C1NCCc2ccc(Oc3ccc(C(C)(C)C)cc3)cc21. The quantitative estimate of drug-likeness (QED) is 0.239. The Morgan fingerprint density at radius 2 is 1.55 bits per heavy atom. The van der Waals surface area contributed by atoms with E-state index in [1.165, 1.54) is 12.7 Å². The maximum absolute atomic E-state index is 13.6. The van der Waals surface area contributed by atoms with Crippen LogP contribution in [0.1, 0.15) is 49.1 Å². The van der Waals surface area contributed by atoms with Crippen LogP contribution in [-0.2, 0) is 32.6 Å². The van der Waals surface area contributed by atoms with Gasteiger partial charge in [0.2, 0.25) is 5.91 Å². The molecule has 6 heteroatoms. The summed E-state index contributed by atoms with van der Waals surface area (Å²) in [4.78, 5) is 26.3. The van der Waals surface area contributed by atoms with E-state index in [4.69, 9.17) is 9.47 Å². The molecule has 0 spiro atoms. The Morgan fingerprint density at radius 1 is 0.881 bits per heavy atom. The molecular weight excluding hydrogens is 524 g/mol. The molecule has 4 aromatic rings. The molecule has 0 fully saturated rings. The lowest BCUT2D eigenvalue weighted by atomic mass is 9.87. The zero-order chi connectivity index (χ0) is 29.7. The van der Waals surface area contributed by atoms with Crippen molar-refractivity contribution in [1.82, 2.24) is 10.6 Å². The molecule has 6 nitrogen and oxygen atoms in total. The largest absolute Gasteiger partial charge is 0.467 e. The van der Waals surface area contributed by atoms with Crippen LogP contribution in [0.25, 0.3) is 11.1 Å². The normalized spacial score (nSPS) is 15.3. The fourth-order valence-electron chi connectivity index (χ4n) is 5.28. The maximum Gasteiger partial charge on any atom is 0.328 e. The number of nitrogens with one attached hydrogen (secondary N) is 2. The molecule has 0 bridgehead atoms. The van der Waals surface area contributed by atoms with Crippen LogP contribution < -0.4 is 15.4 Å². The lowest BCUT2D eigenvalue weighted by molar-refractivity contribution is -0.145. The zero-order valence-corrected chi connectivity index (χ0v) is 24.6. The number of ether oxygens (including phenoxy) is 2. The Hall–Kier alpha value is -4.42. The van der Waals surface area contributed by atoms with Crippen molar-refractivity contribution in [2.24, 2.45) is 0 Å². The van der Waals surface area contributed by atoms with Crippen LogP contribution in [0.2, 0.25) is 0 Å². The van der Waals surface area contributed by atoms with Crippen molar-refractivity contribution >= 4 is 11.9 Å².